The number of aromatic amines is 1. The smallest absolute Gasteiger partial charge is 0.108 e. The van der Waals surface area contributed by atoms with E-state index in [4.69, 9.17) is 0 Å². The maximum atomic E-state index is 4.27. The van der Waals surface area contributed by atoms with Crippen molar-refractivity contribution in [3.63, 3.8) is 0 Å². The minimum absolute atomic E-state index is 0.500. The topological polar surface area (TPSA) is 28.7 Å². The summed E-state index contributed by atoms with van der Waals surface area (Å²) in [6, 6.07) is 10.6. The Labute approximate surface area is 90.4 Å². The highest BCUT2D eigenvalue weighted by atomic mass is 14.9. The molecule has 1 aromatic heterocycles. The lowest BCUT2D eigenvalue weighted by atomic mass is 10.0. The van der Waals surface area contributed by atoms with Gasteiger partial charge in [0.05, 0.1) is 0 Å². The molecule has 0 spiro atoms. The molecule has 1 atom stereocenters. The van der Waals surface area contributed by atoms with Gasteiger partial charge in [-0.15, -0.1) is 0 Å². The summed E-state index contributed by atoms with van der Waals surface area (Å²) >= 11 is 0. The molecular formula is C13H16N2. The third-order valence-corrected chi connectivity index (χ3v) is 2.70. The van der Waals surface area contributed by atoms with Crippen LogP contribution in [0.3, 0.4) is 0 Å². The van der Waals surface area contributed by atoms with Gasteiger partial charge in [0, 0.05) is 18.3 Å². The number of aryl methyl sites for hydroxylation is 1. The van der Waals surface area contributed by atoms with E-state index in [1.54, 1.807) is 0 Å². The molecule has 2 heteroatoms. The predicted molar refractivity (Wildman–Crippen MR) is 61.8 cm³/mol. The molecule has 0 aliphatic heterocycles. The molecule has 1 N–H and O–H groups in total. The third kappa shape index (κ3) is 2.69. The number of benzene rings is 1. The summed E-state index contributed by atoms with van der Waals surface area (Å²) in [6.45, 7) is 2.21. The molecule has 2 nitrogen and oxygen atoms in total. The Balaban J connectivity index is 1.89. The van der Waals surface area contributed by atoms with Crippen molar-refractivity contribution >= 4 is 0 Å². The molecule has 0 saturated carbocycles. The number of nitrogens with zero attached hydrogens (tertiary/aromatic N) is 1. The Morgan fingerprint density at radius 2 is 2.07 bits per heavy atom. The zero-order valence-electron chi connectivity index (χ0n) is 8.98. The van der Waals surface area contributed by atoms with Crippen molar-refractivity contribution in [2.75, 3.05) is 0 Å². The summed E-state index contributed by atoms with van der Waals surface area (Å²) in [5.74, 6) is 1.59. The molecular weight excluding hydrogens is 184 g/mol. The number of nitrogens with one attached hydrogen (secondary N) is 1. The van der Waals surface area contributed by atoms with Crippen LogP contribution < -0.4 is 0 Å². The standard InChI is InChI=1S/C13H16N2/c1-11(13-14-9-10-15-13)7-8-12-5-3-2-4-6-12/h2-6,9-11H,7-8H2,1H3,(H,14,15). The van der Waals surface area contributed by atoms with Gasteiger partial charge in [-0.2, -0.15) is 0 Å². The number of hydrogen-bond donors (Lipinski definition) is 1. The van der Waals surface area contributed by atoms with Crippen molar-refractivity contribution in [1.29, 1.82) is 0 Å². The second-order valence-electron chi connectivity index (χ2n) is 3.90. The van der Waals surface area contributed by atoms with Crippen molar-refractivity contribution in [3.8, 4) is 0 Å². The van der Waals surface area contributed by atoms with Crippen LogP contribution in [0.15, 0.2) is 42.7 Å². The van der Waals surface area contributed by atoms with Crippen LogP contribution in [-0.2, 0) is 6.42 Å². The van der Waals surface area contributed by atoms with Gasteiger partial charge in [0.2, 0.25) is 0 Å². The third-order valence-electron chi connectivity index (χ3n) is 2.70. The molecule has 1 unspecified atom stereocenters. The Bertz CT molecular complexity index is 378. The first-order valence-electron chi connectivity index (χ1n) is 5.39. The summed E-state index contributed by atoms with van der Waals surface area (Å²) in [5.41, 5.74) is 1.40. The number of rotatable bonds is 4. The lowest BCUT2D eigenvalue weighted by Gasteiger charge is -2.07. The fourth-order valence-electron chi connectivity index (χ4n) is 1.71. The molecule has 0 aliphatic rings. The average molecular weight is 200 g/mol. The normalized spacial score (nSPS) is 12.6. The second-order valence-corrected chi connectivity index (χ2v) is 3.90. The zero-order valence-corrected chi connectivity index (χ0v) is 8.98. The van der Waals surface area contributed by atoms with E-state index in [-0.39, 0.29) is 0 Å². The molecule has 0 saturated heterocycles. The molecule has 0 aliphatic carbocycles. The number of imidazole rings is 1. The summed E-state index contributed by atoms with van der Waals surface area (Å²) in [7, 11) is 0. The number of H-pyrrole nitrogens is 1. The van der Waals surface area contributed by atoms with E-state index < -0.39 is 0 Å². The zero-order chi connectivity index (χ0) is 10.5. The first-order valence-corrected chi connectivity index (χ1v) is 5.39. The summed E-state index contributed by atoms with van der Waals surface area (Å²) in [5, 5.41) is 0. The molecule has 0 radical (unpaired) electrons. The van der Waals surface area contributed by atoms with Gasteiger partial charge in [-0.05, 0) is 18.4 Å². The lowest BCUT2D eigenvalue weighted by molar-refractivity contribution is 0.646. The average Bonchev–Trinajstić information content (AvgIpc) is 2.81. The van der Waals surface area contributed by atoms with Crippen LogP contribution in [0.4, 0.5) is 0 Å². The molecule has 1 aromatic carbocycles. The van der Waals surface area contributed by atoms with E-state index in [0.717, 1.165) is 18.7 Å². The van der Waals surface area contributed by atoms with Crippen molar-refractivity contribution in [2.45, 2.75) is 25.7 Å². The van der Waals surface area contributed by atoms with Gasteiger partial charge in [0.1, 0.15) is 5.82 Å². The maximum absolute atomic E-state index is 4.27. The molecule has 2 aromatic rings. The lowest BCUT2D eigenvalue weighted by Crippen LogP contribution is -1.98. The Hall–Kier alpha value is -1.57. The van der Waals surface area contributed by atoms with Gasteiger partial charge in [0.15, 0.2) is 0 Å². The maximum Gasteiger partial charge on any atom is 0.108 e. The van der Waals surface area contributed by atoms with Gasteiger partial charge < -0.3 is 4.98 Å². The molecule has 2 rings (SSSR count). The van der Waals surface area contributed by atoms with E-state index in [1.807, 2.05) is 12.4 Å². The first kappa shape index (κ1) is 9.97. The van der Waals surface area contributed by atoms with E-state index >= 15 is 0 Å². The van der Waals surface area contributed by atoms with Crippen LogP contribution in [0.5, 0.6) is 0 Å². The van der Waals surface area contributed by atoms with Gasteiger partial charge in [-0.25, -0.2) is 4.98 Å². The second kappa shape index (κ2) is 4.78. The van der Waals surface area contributed by atoms with Crippen molar-refractivity contribution in [3.05, 3.63) is 54.1 Å². The van der Waals surface area contributed by atoms with Crippen LogP contribution in [0.2, 0.25) is 0 Å². The van der Waals surface area contributed by atoms with Gasteiger partial charge in [0.25, 0.3) is 0 Å². The highest BCUT2D eigenvalue weighted by Gasteiger charge is 2.07. The molecule has 1 heterocycles. The van der Waals surface area contributed by atoms with E-state index in [1.165, 1.54) is 5.56 Å². The molecule has 78 valence electrons. The summed E-state index contributed by atoms with van der Waals surface area (Å²) in [6.07, 6.45) is 5.95. The molecule has 0 bridgehead atoms. The highest BCUT2D eigenvalue weighted by molar-refractivity contribution is 5.15. The number of hydrogen-bond acceptors (Lipinski definition) is 1. The van der Waals surface area contributed by atoms with E-state index in [9.17, 15) is 0 Å². The SMILES string of the molecule is CC(CCc1ccccc1)c1ncc[nH]1. The van der Waals surface area contributed by atoms with Crippen LogP contribution >= 0.6 is 0 Å². The van der Waals surface area contributed by atoms with Gasteiger partial charge >= 0.3 is 0 Å². The minimum atomic E-state index is 0.500. The fraction of sp³-hybridized carbons (Fsp3) is 0.308. The van der Waals surface area contributed by atoms with E-state index in [0.29, 0.717) is 5.92 Å². The van der Waals surface area contributed by atoms with Crippen LogP contribution in [0, 0.1) is 0 Å². The van der Waals surface area contributed by atoms with Gasteiger partial charge in [-0.1, -0.05) is 37.3 Å². The molecule has 0 amide bonds. The van der Waals surface area contributed by atoms with Crippen molar-refractivity contribution < 1.29 is 0 Å². The fourth-order valence-corrected chi connectivity index (χ4v) is 1.71. The monoisotopic (exact) mass is 200 g/mol. The molecule has 15 heavy (non-hydrogen) atoms. The van der Waals surface area contributed by atoms with Crippen LogP contribution in [0.25, 0.3) is 0 Å². The largest absolute Gasteiger partial charge is 0.348 e. The Kier molecular flexibility index (Phi) is 3.18. The predicted octanol–water partition coefficient (Wildman–Crippen LogP) is 3.15. The number of aromatic nitrogens is 2. The first-order chi connectivity index (χ1) is 7.36. The minimum Gasteiger partial charge on any atom is -0.348 e. The van der Waals surface area contributed by atoms with Crippen LogP contribution in [-0.4, -0.2) is 9.97 Å². The van der Waals surface area contributed by atoms with Crippen LogP contribution in [0.1, 0.15) is 30.7 Å². The summed E-state index contributed by atoms with van der Waals surface area (Å²) in [4.78, 5) is 7.43. The van der Waals surface area contributed by atoms with E-state index in [2.05, 4.69) is 47.2 Å². The van der Waals surface area contributed by atoms with Crippen molar-refractivity contribution in [1.82, 2.24) is 9.97 Å². The Morgan fingerprint density at radius 3 is 2.73 bits per heavy atom. The highest BCUT2D eigenvalue weighted by Crippen LogP contribution is 2.17. The molecule has 0 fully saturated rings. The van der Waals surface area contributed by atoms with Gasteiger partial charge in [-0.3, -0.25) is 0 Å². The quantitative estimate of drug-likeness (QED) is 0.807. The summed E-state index contributed by atoms with van der Waals surface area (Å²) < 4.78 is 0. The Morgan fingerprint density at radius 1 is 1.27 bits per heavy atom. The van der Waals surface area contributed by atoms with Crippen molar-refractivity contribution in [2.24, 2.45) is 0 Å².